The topological polar surface area (TPSA) is 59.3 Å². The van der Waals surface area contributed by atoms with Crippen LogP contribution in [0.1, 0.15) is 41.9 Å². The Hall–Kier alpha value is -2.42. The van der Waals surface area contributed by atoms with Gasteiger partial charge in [0.05, 0.1) is 17.5 Å². The predicted molar refractivity (Wildman–Crippen MR) is 94.3 cm³/mol. The smallest absolute Gasteiger partial charge is 0.348 e. The number of fused-ring (bicyclic) bond motifs is 1. The van der Waals surface area contributed by atoms with Crippen molar-refractivity contribution < 1.29 is 18.0 Å². The normalized spacial score (nSPS) is 16.7. The molecule has 1 N–H and O–H groups in total. The number of pyridine rings is 1. The lowest BCUT2D eigenvalue weighted by atomic mass is 9.83. The van der Waals surface area contributed by atoms with Crippen LogP contribution in [0.4, 0.5) is 13.2 Å². The molecule has 0 aliphatic heterocycles. The summed E-state index contributed by atoms with van der Waals surface area (Å²) in [4.78, 5) is 14.0. The van der Waals surface area contributed by atoms with Gasteiger partial charge < -0.3 is 5.32 Å². The third kappa shape index (κ3) is 3.20. The van der Waals surface area contributed by atoms with Crippen molar-refractivity contribution in [2.75, 3.05) is 0 Å². The van der Waals surface area contributed by atoms with Gasteiger partial charge in [-0.15, -0.1) is 21.5 Å². The largest absolute Gasteiger partial charge is 0.416 e. The highest BCUT2D eigenvalue weighted by Gasteiger charge is 2.43. The van der Waals surface area contributed by atoms with Gasteiger partial charge in [-0.2, -0.15) is 13.2 Å². The molecule has 1 amide bonds. The van der Waals surface area contributed by atoms with Gasteiger partial charge in [0.25, 0.3) is 0 Å². The second kappa shape index (κ2) is 6.63. The van der Waals surface area contributed by atoms with Crippen molar-refractivity contribution in [2.24, 2.45) is 0 Å². The highest BCUT2D eigenvalue weighted by Crippen LogP contribution is 2.43. The summed E-state index contributed by atoms with van der Waals surface area (Å²) < 4.78 is 39.9. The number of rotatable bonds is 4. The van der Waals surface area contributed by atoms with Crippen molar-refractivity contribution in [2.45, 2.75) is 43.8 Å². The van der Waals surface area contributed by atoms with E-state index in [-0.39, 0.29) is 18.1 Å². The van der Waals surface area contributed by atoms with Crippen molar-refractivity contribution in [3.05, 3.63) is 52.1 Å². The van der Waals surface area contributed by atoms with Crippen LogP contribution in [0, 0.1) is 0 Å². The number of nitrogens with zero attached hydrogens (tertiary/aromatic N) is 3. The molecule has 27 heavy (non-hydrogen) atoms. The molecule has 0 aromatic carbocycles. The quantitative estimate of drug-likeness (QED) is 0.729. The lowest BCUT2D eigenvalue weighted by Crippen LogP contribution is -2.42. The Bertz CT molecular complexity index is 959. The van der Waals surface area contributed by atoms with E-state index < -0.39 is 17.2 Å². The maximum atomic E-state index is 13.0. The van der Waals surface area contributed by atoms with Crippen LogP contribution in [0.3, 0.4) is 0 Å². The second-order valence-corrected chi connectivity index (χ2v) is 7.65. The van der Waals surface area contributed by atoms with Crippen LogP contribution in [-0.2, 0) is 22.9 Å². The molecule has 3 aromatic rings. The summed E-state index contributed by atoms with van der Waals surface area (Å²) in [6.45, 7) is 0.110. The SMILES string of the molecule is O=C(NCc1nnc2cc(C(F)(F)F)ccn12)C1(c2cccs2)CCCC1. The molecule has 9 heteroatoms. The number of carbonyl (C=O) groups is 1. The Balaban J connectivity index is 1.54. The number of halogens is 3. The highest BCUT2D eigenvalue weighted by molar-refractivity contribution is 7.10. The zero-order valence-corrected chi connectivity index (χ0v) is 15.1. The van der Waals surface area contributed by atoms with Gasteiger partial charge in [0.2, 0.25) is 5.91 Å². The summed E-state index contributed by atoms with van der Waals surface area (Å²) in [6, 6.07) is 5.85. The zero-order chi connectivity index (χ0) is 19.1. The minimum atomic E-state index is -4.43. The summed E-state index contributed by atoms with van der Waals surface area (Å²) >= 11 is 1.58. The number of amides is 1. The van der Waals surface area contributed by atoms with E-state index >= 15 is 0 Å². The molecule has 3 heterocycles. The number of nitrogens with one attached hydrogen (secondary N) is 1. The van der Waals surface area contributed by atoms with E-state index in [4.69, 9.17) is 0 Å². The fourth-order valence-corrected chi connectivity index (χ4v) is 4.66. The fourth-order valence-electron chi connectivity index (χ4n) is 3.68. The molecule has 0 saturated heterocycles. The van der Waals surface area contributed by atoms with Crippen LogP contribution < -0.4 is 5.32 Å². The molecule has 142 valence electrons. The molecule has 4 rings (SSSR count). The lowest BCUT2D eigenvalue weighted by molar-refractivity contribution is -0.137. The number of alkyl halides is 3. The molecule has 1 aliphatic rings. The van der Waals surface area contributed by atoms with Crippen LogP contribution in [0.2, 0.25) is 0 Å². The number of aromatic nitrogens is 3. The summed E-state index contributed by atoms with van der Waals surface area (Å²) in [6.07, 6.45) is 0.449. The summed E-state index contributed by atoms with van der Waals surface area (Å²) in [7, 11) is 0. The van der Waals surface area contributed by atoms with Gasteiger partial charge in [0.1, 0.15) is 0 Å². The zero-order valence-electron chi connectivity index (χ0n) is 14.3. The number of carbonyl (C=O) groups excluding carboxylic acids is 1. The van der Waals surface area contributed by atoms with Crippen LogP contribution >= 0.6 is 11.3 Å². The van der Waals surface area contributed by atoms with E-state index in [1.165, 1.54) is 10.6 Å². The second-order valence-electron chi connectivity index (χ2n) is 6.71. The lowest BCUT2D eigenvalue weighted by Gasteiger charge is -2.26. The third-order valence-corrected chi connectivity index (χ3v) is 6.17. The van der Waals surface area contributed by atoms with Crippen molar-refractivity contribution in [3.63, 3.8) is 0 Å². The molecule has 5 nitrogen and oxygen atoms in total. The molecule has 3 aromatic heterocycles. The molecule has 1 fully saturated rings. The van der Waals surface area contributed by atoms with Gasteiger partial charge >= 0.3 is 6.18 Å². The first-order valence-electron chi connectivity index (χ1n) is 8.63. The molecule has 0 bridgehead atoms. The average molecular weight is 394 g/mol. The van der Waals surface area contributed by atoms with Crippen molar-refractivity contribution >= 4 is 22.9 Å². The Labute approximate surface area is 157 Å². The van der Waals surface area contributed by atoms with E-state index in [1.807, 2.05) is 17.5 Å². The molecular weight excluding hydrogens is 377 g/mol. The average Bonchev–Trinajstić information content (AvgIpc) is 3.38. The minimum absolute atomic E-state index is 0.0638. The van der Waals surface area contributed by atoms with Gasteiger partial charge in [-0.05, 0) is 36.4 Å². The molecule has 0 unspecified atom stereocenters. The monoisotopic (exact) mass is 394 g/mol. The molecule has 0 spiro atoms. The minimum Gasteiger partial charge on any atom is -0.348 e. The van der Waals surface area contributed by atoms with Crippen LogP contribution in [-0.4, -0.2) is 20.5 Å². The maximum absolute atomic E-state index is 13.0. The third-order valence-electron chi connectivity index (χ3n) is 5.10. The van der Waals surface area contributed by atoms with Crippen molar-refractivity contribution in [1.29, 1.82) is 0 Å². The van der Waals surface area contributed by atoms with Gasteiger partial charge in [-0.3, -0.25) is 9.20 Å². The van der Waals surface area contributed by atoms with Crippen LogP contribution in [0.25, 0.3) is 5.65 Å². The Kier molecular flexibility index (Phi) is 4.41. The molecule has 1 saturated carbocycles. The standard InChI is InChI=1S/C18H17F3N4OS/c19-18(20,21)12-5-8-25-14(10-12)23-24-15(25)11-22-16(26)17(6-1-2-7-17)13-4-3-9-27-13/h3-5,8-10H,1-2,6-7,11H2,(H,22,26). The van der Waals surface area contributed by atoms with E-state index in [2.05, 4.69) is 15.5 Å². The molecular formula is C18H17F3N4OS. The van der Waals surface area contributed by atoms with E-state index in [0.717, 1.165) is 42.7 Å². The summed E-state index contributed by atoms with van der Waals surface area (Å²) in [5.41, 5.74) is -1.19. The van der Waals surface area contributed by atoms with E-state index in [1.54, 1.807) is 11.3 Å². The summed E-state index contributed by atoms with van der Waals surface area (Å²) in [5.74, 6) is 0.331. The van der Waals surface area contributed by atoms with E-state index in [0.29, 0.717) is 5.82 Å². The van der Waals surface area contributed by atoms with Crippen molar-refractivity contribution in [3.8, 4) is 0 Å². The Morgan fingerprint density at radius 1 is 1.26 bits per heavy atom. The first-order valence-corrected chi connectivity index (χ1v) is 9.51. The molecule has 0 atom stereocenters. The highest BCUT2D eigenvalue weighted by atomic mass is 32.1. The summed E-state index contributed by atoms with van der Waals surface area (Å²) in [5, 5.41) is 12.6. The first-order chi connectivity index (χ1) is 12.9. The fraction of sp³-hybridized carbons (Fsp3) is 0.389. The van der Waals surface area contributed by atoms with Gasteiger partial charge in [-0.25, -0.2) is 0 Å². The van der Waals surface area contributed by atoms with Crippen LogP contribution in [0.5, 0.6) is 0 Å². The Morgan fingerprint density at radius 3 is 2.70 bits per heavy atom. The van der Waals surface area contributed by atoms with Crippen molar-refractivity contribution in [1.82, 2.24) is 19.9 Å². The number of hydrogen-bond acceptors (Lipinski definition) is 4. The van der Waals surface area contributed by atoms with Gasteiger partial charge in [0, 0.05) is 11.1 Å². The van der Waals surface area contributed by atoms with E-state index in [9.17, 15) is 18.0 Å². The van der Waals surface area contributed by atoms with Gasteiger partial charge in [-0.1, -0.05) is 18.9 Å². The molecule has 1 aliphatic carbocycles. The Morgan fingerprint density at radius 2 is 2.04 bits per heavy atom. The molecule has 0 radical (unpaired) electrons. The number of hydrogen-bond donors (Lipinski definition) is 1. The first kappa shape index (κ1) is 18.0. The van der Waals surface area contributed by atoms with Gasteiger partial charge in [0.15, 0.2) is 11.5 Å². The maximum Gasteiger partial charge on any atom is 0.416 e. The number of thiophene rings is 1. The van der Waals surface area contributed by atoms with Crippen LogP contribution in [0.15, 0.2) is 35.8 Å². The predicted octanol–water partition coefficient (Wildman–Crippen LogP) is 3.94.